The molecule has 1 fully saturated rings. The van der Waals surface area contributed by atoms with Gasteiger partial charge in [0, 0.05) is 0 Å². The van der Waals surface area contributed by atoms with Crippen LogP contribution in [-0.2, 0) is 31.6 Å². The molecule has 1 saturated heterocycles. The number of aromatic nitrogens is 4. The van der Waals surface area contributed by atoms with E-state index in [9.17, 15) is 38.6 Å². The number of hydrogen-bond donors (Lipinski definition) is 6. The molecule has 4 unspecified atom stereocenters. The fourth-order valence-corrected chi connectivity index (χ4v) is 7.50. The van der Waals surface area contributed by atoms with E-state index < -0.39 is 54.6 Å². The van der Waals surface area contributed by atoms with Gasteiger partial charge in [0.1, 0.15) is 35.9 Å². The van der Waals surface area contributed by atoms with Crippen LogP contribution >= 0.6 is 23.5 Å². The summed E-state index contributed by atoms with van der Waals surface area (Å²) in [7, 11) is -16.6. The smallest absolute Gasteiger partial charge is 0.404 e. The van der Waals surface area contributed by atoms with E-state index in [-0.39, 0.29) is 22.7 Å². The summed E-state index contributed by atoms with van der Waals surface area (Å²) in [5.41, 5.74) is 6.08. The largest absolute Gasteiger partial charge is 0.536 e. The van der Waals surface area contributed by atoms with Crippen molar-refractivity contribution in [3.8, 4) is 5.75 Å². The summed E-state index contributed by atoms with van der Waals surface area (Å²) < 4.78 is 61.2. The highest BCUT2D eigenvalue weighted by Gasteiger charge is 2.47. The minimum Gasteiger partial charge on any atom is -0.404 e. The van der Waals surface area contributed by atoms with Gasteiger partial charge in [-0.1, -0.05) is 30.3 Å². The Hall–Kier alpha value is -2.82. The number of aliphatic hydroxyl groups excluding tert-OH is 2. The number of fused-ring (bicyclic) bond motifs is 2. The standard InChI is InChI=1S/C20H22N5O13P3/c21-18-15-19(23-9-22-18)25(10-24-15)20-17(27)16(26)14(35-20)8-34-39(28,29)37-41(32,33)38-40(30,31)36-13-6-5-11-3-1-2-4-12(11)7-13/h1-7,9-10,14,16-17,20,26-27H,8H2,(H,28,29)(H,30,31)(H,32,33)(H2,21,22,23)/t14-,16?,17+,20-/m1/s1. The molecule has 5 rings (SSSR count). The molecule has 0 radical (unpaired) electrons. The molecule has 2 aromatic heterocycles. The van der Waals surface area contributed by atoms with Crippen molar-refractivity contribution in [2.75, 3.05) is 12.3 Å². The van der Waals surface area contributed by atoms with Crippen molar-refractivity contribution in [1.29, 1.82) is 0 Å². The molecule has 41 heavy (non-hydrogen) atoms. The highest BCUT2D eigenvalue weighted by Crippen LogP contribution is 2.67. The molecule has 4 aromatic rings. The molecule has 2 aromatic carbocycles. The van der Waals surface area contributed by atoms with Crippen molar-refractivity contribution in [2.45, 2.75) is 24.5 Å². The van der Waals surface area contributed by atoms with Crippen LogP contribution in [0.3, 0.4) is 0 Å². The molecule has 0 bridgehead atoms. The molecule has 0 amide bonds. The molecule has 220 valence electrons. The summed E-state index contributed by atoms with van der Waals surface area (Å²) in [5.74, 6) is -0.163. The minimum atomic E-state index is -5.76. The molecule has 0 spiro atoms. The maximum atomic E-state index is 12.3. The van der Waals surface area contributed by atoms with E-state index in [2.05, 4.69) is 28.1 Å². The van der Waals surface area contributed by atoms with E-state index in [1.807, 2.05) is 0 Å². The van der Waals surface area contributed by atoms with Crippen molar-refractivity contribution in [2.24, 2.45) is 0 Å². The van der Waals surface area contributed by atoms with Crippen LogP contribution in [0.2, 0.25) is 0 Å². The van der Waals surface area contributed by atoms with Gasteiger partial charge in [0.15, 0.2) is 17.7 Å². The fraction of sp³-hybridized carbons (Fsp3) is 0.250. The number of benzene rings is 2. The van der Waals surface area contributed by atoms with Gasteiger partial charge in [-0.15, -0.1) is 0 Å². The summed E-state index contributed by atoms with van der Waals surface area (Å²) >= 11 is 0. The molecule has 3 heterocycles. The van der Waals surface area contributed by atoms with Crippen LogP contribution in [0, 0.1) is 0 Å². The molecular formula is C20H22N5O13P3. The van der Waals surface area contributed by atoms with E-state index in [0.717, 1.165) is 11.7 Å². The second-order valence-electron chi connectivity index (χ2n) is 8.59. The number of nitrogen functional groups attached to an aromatic ring is 1. The van der Waals surface area contributed by atoms with Gasteiger partial charge in [-0.3, -0.25) is 14.0 Å². The number of phosphoric acid groups is 3. The first-order chi connectivity index (χ1) is 19.2. The van der Waals surface area contributed by atoms with Gasteiger partial charge in [0.25, 0.3) is 0 Å². The van der Waals surface area contributed by atoms with Gasteiger partial charge >= 0.3 is 23.5 Å². The third-order valence-corrected chi connectivity index (χ3v) is 9.97. The molecule has 0 saturated carbocycles. The lowest BCUT2D eigenvalue weighted by Gasteiger charge is -2.20. The van der Waals surface area contributed by atoms with Crippen molar-refractivity contribution in [1.82, 2.24) is 19.5 Å². The molecule has 7 atom stereocenters. The second-order valence-corrected chi connectivity index (χ2v) is 13.2. The SMILES string of the molecule is Nc1ncnc2c1ncn2[C@@H]1O[C@H](COP(=O)(O)OP(=O)(O)OP(=O)(O)Oc2ccc3ccccc3c2)C(O)[C@@H]1O. The predicted molar refractivity (Wildman–Crippen MR) is 138 cm³/mol. The molecule has 1 aliphatic rings. The second kappa shape index (κ2) is 11.1. The van der Waals surface area contributed by atoms with Crippen LogP contribution < -0.4 is 10.3 Å². The zero-order valence-corrected chi connectivity index (χ0v) is 23.1. The Morgan fingerprint density at radius 3 is 2.37 bits per heavy atom. The molecular weight excluding hydrogens is 611 g/mol. The van der Waals surface area contributed by atoms with Crippen LogP contribution in [0.25, 0.3) is 21.9 Å². The Balaban J connectivity index is 1.20. The number of phosphoric ester groups is 2. The summed E-state index contributed by atoms with van der Waals surface area (Å²) in [6.07, 6.45) is -3.68. The Labute approximate surface area is 229 Å². The maximum absolute atomic E-state index is 12.3. The number of hydrogen-bond acceptors (Lipinski definition) is 14. The third-order valence-electron chi connectivity index (χ3n) is 5.75. The topological polar surface area (TPSA) is 268 Å². The Bertz CT molecular complexity index is 1740. The van der Waals surface area contributed by atoms with Crippen molar-refractivity contribution in [3.05, 3.63) is 55.1 Å². The number of aliphatic hydroxyl groups is 2. The molecule has 18 nitrogen and oxygen atoms in total. The van der Waals surface area contributed by atoms with Crippen LogP contribution in [0.1, 0.15) is 6.23 Å². The molecule has 21 heteroatoms. The first-order valence-electron chi connectivity index (χ1n) is 11.4. The summed E-state index contributed by atoms with van der Waals surface area (Å²) in [5, 5.41) is 22.2. The number of anilines is 1. The highest BCUT2D eigenvalue weighted by atomic mass is 31.3. The zero-order chi connectivity index (χ0) is 29.6. The van der Waals surface area contributed by atoms with Gasteiger partial charge in [-0.25, -0.2) is 28.6 Å². The van der Waals surface area contributed by atoms with Gasteiger partial charge in [-0.05, 0) is 22.9 Å². The van der Waals surface area contributed by atoms with Crippen LogP contribution in [-0.4, -0.2) is 69.3 Å². The Morgan fingerprint density at radius 1 is 0.902 bits per heavy atom. The number of nitrogens with two attached hydrogens (primary N) is 1. The van der Waals surface area contributed by atoms with E-state index >= 15 is 0 Å². The summed E-state index contributed by atoms with van der Waals surface area (Å²) in [4.78, 5) is 41.5. The summed E-state index contributed by atoms with van der Waals surface area (Å²) in [6, 6.07) is 11.1. The average molecular weight is 633 g/mol. The number of rotatable bonds is 10. The Morgan fingerprint density at radius 2 is 1.61 bits per heavy atom. The first-order valence-corrected chi connectivity index (χ1v) is 15.9. The quantitative estimate of drug-likeness (QED) is 0.135. The van der Waals surface area contributed by atoms with E-state index in [0.29, 0.717) is 5.39 Å². The van der Waals surface area contributed by atoms with Crippen molar-refractivity contribution < 1.29 is 61.0 Å². The van der Waals surface area contributed by atoms with Gasteiger partial charge in [0.2, 0.25) is 0 Å². The molecule has 0 aliphatic carbocycles. The monoisotopic (exact) mass is 633 g/mol. The average Bonchev–Trinajstić information content (AvgIpc) is 3.43. The van der Waals surface area contributed by atoms with Gasteiger partial charge in [0.05, 0.1) is 12.9 Å². The minimum absolute atomic E-state index is 0.0470. The van der Waals surface area contributed by atoms with Gasteiger partial charge in [-0.2, -0.15) is 8.62 Å². The fourth-order valence-electron chi connectivity index (χ4n) is 3.99. The van der Waals surface area contributed by atoms with E-state index in [1.165, 1.54) is 23.0 Å². The zero-order valence-electron chi connectivity index (χ0n) is 20.4. The number of imidazole rings is 1. The Kier molecular flexibility index (Phi) is 8.04. The lowest BCUT2D eigenvalue weighted by atomic mass is 10.1. The number of ether oxygens (including phenoxy) is 1. The van der Waals surface area contributed by atoms with Gasteiger partial charge < -0.3 is 35.0 Å². The predicted octanol–water partition coefficient (Wildman–Crippen LogP) is 1.61. The summed E-state index contributed by atoms with van der Waals surface area (Å²) in [6.45, 7) is -0.948. The van der Waals surface area contributed by atoms with Crippen molar-refractivity contribution in [3.63, 3.8) is 0 Å². The first kappa shape index (κ1) is 29.7. The van der Waals surface area contributed by atoms with E-state index in [1.54, 1.807) is 30.3 Å². The number of nitrogens with zero attached hydrogens (tertiary/aromatic N) is 4. The van der Waals surface area contributed by atoms with Crippen LogP contribution in [0.4, 0.5) is 5.82 Å². The normalized spacial score (nSPS) is 25.5. The van der Waals surface area contributed by atoms with Crippen molar-refractivity contribution >= 4 is 51.2 Å². The van der Waals surface area contributed by atoms with Crippen LogP contribution in [0.5, 0.6) is 5.75 Å². The lowest BCUT2D eigenvalue weighted by Crippen LogP contribution is -2.33. The highest BCUT2D eigenvalue weighted by molar-refractivity contribution is 7.67. The van der Waals surface area contributed by atoms with E-state index in [4.69, 9.17) is 15.0 Å². The maximum Gasteiger partial charge on any atom is 0.536 e. The van der Waals surface area contributed by atoms with Crippen LogP contribution in [0.15, 0.2) is 55.1 Å². The molecule has 7 N–H and O–H groups in total. The lowest BCUT2D eigenvalue weighted by molar-refractivity contribution is -0.0503. The third kappa shape index (κ3) is 6.65. The molecule has 1 aliphatic heterocycles.